The predicted molar refractivity (Wildman–Crippen MR) is 120 cm³/mol. The van der Waals surface area contributed by atoms with Crippen molar-refractivity contribution in [3.05, 3.63) is 53.3 Å². The number of nitrogens with one attached hydrogen (secondary N) is 1. The van der Waals surface area contributed by atoms with Crippen LogP contribution in [0.3, 0.4) is 0 Å². The van der Waals surface area contributed by atoms with Crippen molar-refractivity contribution in [1.82, 2.24) is 20.6 Å². The number of unbranched alkanes of at least 4 members (excludes halogenated alkanes) is 2. The third-order valence-corrected chi connectivity index (χ3v) is 5.54. The first-order chi connectivity index (χ1) is 14.4. The molecule has 1 heterocycles. The van der Waals surface area contributed by atoms with Gasteiger partial charge in [-0.05, 0) is 43.4 Å². The molecule has 0 amide bonds. The fourth-order valence-corrected chi connectivity index (χ4v) is 3.66. The number of phenolic OH excluding ortho intramolecular Hbond substituents is 1. The number of benzene rings is 2. The molecular weight excluding hydrogens is 399 g/mol. The zero-order valence-corrected chi connectivity index (χ0v) is 21.4. The topological polar surface area (TPSA) is 83.9 Å². The van der Waals surface area contributed by atoms with Gasteiger partial charge in [-0.1, -0.05) is 68.7 Å². The molecule has 0 radical (unpaired) electrons. The van der Waals surface area contributed by atoms with Gasteiger partial charge in [-0.3, -0.25) is 0 Å². The second-order valence-electron chi connectivity index (χ2n) is 8.48. The molecule has 7 heteroatoms. The summed E-state index contributed by atoms with van der Waals surface area (Å²) < 4.78 is 6.03. The number of aromatic hydroxyl groups is 1. The van der Waals surface area contributed by atoms with Crippen LogP contribution < -0.4 is 34.3 Å². The van der Waals surface area contributed by atoms with Crippen LogP contribution in [0.15, 0.2) is 36.4 Å². The van der Waals surface area contributed by atoms with Crippen molar-refractivity contribution in [3.8, 4) is 22.6 Å². The van der Waals surface area contributed by atoms with Crippen LogP contribution in [-0.2, 0) is 11.8 Å². The van der Waals surface area contributed by atoms with E-state index in [2.05, 4.69) is 60.5 Å². The molecule has 0 bridgehead atoms. The number of ether oxygens (including phenoxy) is 1. The number of aromatic amines is 1. The van der Waals surface area contributed by atoms with Gasteiger partial charge in [0.15, 0.2) is 5.82 Å². The molecule has 0 unspecified atom stereocenters. The Morgan fingerprint density at radius 3 is 2.61 bits per heavy atom. The second-order valence-corrected chi connectivity index (χ2v) is 8.48. The van der Waals surface area contributed by atoms with Crippen LogP contribution in [0.1, 0.15) is 64.8 Å². The van der Waals surface area contributed by atoms with Gasteiger partial charge in [-0.2, -0.15) is 5.21 Å². The van der Waals surface area contributed by atoms with Crippen molar-refractivity contribution >= 4 is 0 Å². The minimum absolute atomic E-state index is 0. The van der Waals surface area contributed by atoms with E-state index in [0.717, 1.165) is 60.4 Å². The van der Waals surface area contributed by atoms with Crippen molar-refractivity contribution in [2.24, 2.45) is 0 Å². The van der Waals surface area contributed by atoms with Gasteiger partial charge in [0.25, 0.3) is 0 Å². The Kier molecular flexibility index (Phi) is 9.54. The molecule has 3 aromatic rings. The van der Waals surface area contributed by atoms with E-state index in [1.54, 1.807) is 6.07 Å². The van der Waals surface area contributed by atoms with Crippen molar-refractivity contribution < 1.29 is 40.8 Å². The number of rotatable bonds is 10. The predicted octanol–water partition coefficient (Wildman–Crippen LogP) is 2.48. The van der Waals surface area contributed by atoms with Gasteiger partial charge in [0.05, 0.1) is 6.61 Å². The number of phenols is 1. The van der Waals surface area contributed by atoms with Crippen molar-refractivity contribution in [1.29, 1.82) is 0 Å². The maximum atomic E-state index is 10.6. The molecule has 0 aliphatic heterocycles. The van der Waals surface area contributed by atoms with Gasteiger partial charge in [0.1, 0.15) is 11.5 Å². The third-order valence-electron chi connectivity index (χ3n) is 5.54. The molecule has 2 N–H and O–H groups in total. The molecule has 0 saturated heterocycles. The zero-order valence-electron chi connectivity index (χ0n) is 20.4. The summed E-state index contributed by atoms with van der Waals surface area (Å²) in [5.41, 5.74) is 4.08. The smallest absolute Gasteiger partial charge is 1.00 e. The molecular formula is C24H33N4NaO2. The summed E-state index contributed by atoms with van der Waals surface area (Å²) in [6, 6.07) is 12.0. The van der Waals surface area contributed by atoms with Crippen molar-refractivity contribution in [2.75, 3.05) is 6.61 Å². The summed E-state index contributed by atoms with van der Waals surface area (Å²) in [6.45, 7) is 9.08. The minimum Gasteiger partial charge on any atom is -1.00 e. The Labute approximate surface area is 208 Å². The van der Waals surface area contributed by atoms with Crippen LogP contribution in [0.25, 0.3) is 11.1 Å². The summed E-state index contributed by atoms with van der Waals surface area (Å²) >= 11 is 0. The number of aromatic nitrogens is 4. The van der Waals surface area contributed by atoms with E-state index in [0.29, 0.717) is 6.61 Å². The first-order valence-electron chi connectivity index (χ1n) is 10.7. The standard InChI is InChI=1S/C24H32N4O2.Na.H/c1-5-18-15-20(19-11-9-10-17(2)14-19)21(29)16-22(18)30-13-8-6-7-12-24(3,4)23-25-27-28-26-23;;/h9-11,14-16,29H,5-8,12-13H2,1-4H3,(H,25,26,27,28);;/q;+1;-1. The number of nitrogens with zero attached hydrogens (tertiary/aromatic N) is 3. The van der Waals surface area contributed by atoms with E-state index in [9.17, 15) is 5.11 Å². The molecule has 0 saturated carbocycles. The molecule has 0 aliphatic carbocycles. The molecule has 0 spiro atoms. The van der Waals surface area contributed by atoms with E-state index in [4.69, 9.17) is 4.74 Å². The van der Waals surface area contributed by atoms with Crippen LogP contribution in [0.2, 0.25) is 0 Å². The van der Waals surface area contributed by atoms with E-state index in [1.165, 1.54) is 5.56 Å². The monoisotopic (exact) mass is 432 g/mol. The van der Waals surface area contributed by atoms with Crippen LogP contribution in [0.4, 0.5) is 0 Å². The molecule has 0 fully saturated rings. The molecule has 162 valence electrons. The van der Waals surface area contributed by atoms with Crippen LogP contribution in [0.5, 0.6) is 11.5 Å². The number of tetrazole rings is 1. The Morgan fingerprint density at radius 1 is 1.13 bits per heavy atom. The fraction of sp³-hybridized carbons (Fsp3) is 0.458. The van der Waals surface area contributed by atoms with Gasteiger partial charge in [0, 0.05) is 17.0 Å². The van der Waals surface area contributed by atoms with Gasteiger partial charge >= 0.3 is 29.6 Å². The molecule has 0 atom stereocenters. The average Bonchev–Trinajstić information content (AvgIpc) is 3.26. The molecule has 2 aromatic carbocycles. The van der Waals surface area contributed by atoms with E-state index in [1.807, 2.05) is 18.2 Å². The van der Waals surface area contributed by atoms with E-state index >= 15 is 0 Å². The second kappa shape index (κ2) is 11.7. The normalized spacial score (nSPS) is 11.2. The largest absolute Gasteiger partial charge is 1.00 e. The fourth-order valence-electron chi connectivity index (χ4n) is 3.66. The maximum absolute atomic E-state index is 10.6. The first-order valence-corrected chi connectivity index (χ1v) is 10.7. The molecule has 6 nitrogen and oxygen atoms in total. The molecule has 0 aliphatic rings. The van der Waals surface area contributed by atoms with Gasteiger partial charge in [-0.15, -0.1) is 10.2 Å². The van der Waals surface area contributed by atoms with E-state index < -0.39 is 0 Å². The Morgan fingerprint density at radius 2 is 1.94 bits per heavy atom. The van der Waals surface area contributed by atoms with Gasteiger partial charge in [-0.25, -0.2) is 0 Å². The van der Waals surface area contributed by atoms with Crippen LogP contribution >= 0.6 is 0 Å². The Balaban J connectivity index is 0.00000256. The summed E-state index contributed by atoms with van der Waals surface area (Å²) in [5, 5.41) is 25.0. The quantitative estimate of drug-likeness (QED) is 0.380. The average molecular weight is 433 g/mol. The number of H-pyrrole nitrogens is 1. The minimum atomic E-state index is -0.0827. The molecule has 31 heavy (non-hydrogen) atoms. The summed E-state index contributed by atoms with van der Waals surface area (Å²) in [4.78, 5) is 0. The Hall–Kier alpha value is -1.89. The zero-order chi connectivity index (χ0) is 21.6. The molecule has 3 rings (SSSR count). The third kappa shape index (κ3) is 6.79. The SMILES string of the molecule is CCc1cc(-c2cccc(C)c2)c(O)cc1OCCCCCC(C)(C)c1nn[nH]n1.[H-].[Na+]. The first kappa shape index (κ1) is 25.4. The maximum Gasteiger partial charge on any atom is 1.00 e. The number of hydrogen-bond acceptors (Lipinski definition) is 5. The molecule has 1 aromatic heterocycles. The summed E-state index contributed by atoms with van der Waals surface area (Å²) in [5.74, 6) is 1.80. The number of aryl methyl sites for hydroxylation is 2. The van der Waals surface area contributed by atoms with Gasteiger partial charge in [0.2, 0.25) is 0 Å². The Bertz CT molecular complexity index is 965. The van der Waals surface area contributed by atoms with Crippen LogP contribution in [-0.4, -0.2) is 32.3 Å². The number of hydrogen-bond donors (Lipinski definition) is 2. The van der Waals surface area contributed by atoms with Crippen molar-refractivity contribution in [2.45, 2.75) is 65.2 Å². The summed E-state index contributed by atoms with van der Waals surface area (Å²) in [6.07, 6.45) is 4.96. The van der Waals surface area contributed by atoms with E-state index in [-0.39, 0.29) is 42.1 Å². The summed E-state index contributed by atoms with van der Waals surface area (Å²) in [7, 11) is 0. The van der Waals surface area contributed by atoms with Crippen LogP contribution in [0, 0.1) is 6.92 Å². The van der Waals surface area contributed by atoms with Gasteiger partial charge < -0.3 is 11.3 Å². The van der Waals surface area contributed by atoms with Crippen molar-refractivity contribution in [3.63, 3.8) is 0 Å².